The van der Waals surface area contributed by atoms with Gasteiger partial charge in [-0.1, -0.05) is 11.6 Å². The first-order chi connectivity index (χ1) is 4.60. The van der Waals surface area contributed by atoms with Gasteiger partial charge in [0.25, 0.3) is 10.1 Å². The van der Waals surface area contributed by atoms with Gasteiger partial charge in [0.05, 0.1) is 12.4 Å². The minimum absolute atomic E-state index is 0.115. The molecule has 0 bridgehead atoms. The van der Waals surface area contributed by atoms with Gasteiger partial charge < -0.3 is 0 Å². The SMILES string of the molecule is CC1=CCCS(=O)(=O)OC1. The zero-order valence-electron chi connectivity index (χ0n) is 5.83. The largest absolute Gasteiger partial charge is 0.267 e. The first-order valence-electron chi connectivity index (χ1n) is 3.13. The molecule has 0 spiro atoms. The fraction of sp³-hybridized carbons (Fsp3) is 0.667. The summed E-state index contributed by atoms with van der Waals surface area (Å²) in [6, 6.07) is 0. The number of hydrogen-bond acceptors (Lipinski definition) is 3. The second-order valence-electron chi connectivity index (χ2n) is 2.36. The molecule has 1 aliphatic rings. The second-order valence-corrected chi connectivity index (χ2v) is 4.12. The van der Waals surface area contributed by atoms with Gasteiger partial charge in [0.2, 0.25) is 0 Å². The van der Waals surface area contributed by atoms with Crippen molar-refractivity contribution in [3.63, 3.8) is 0 Å². The molecule has 0 atom stereocenters. The van der Waals surface area contributed by atoms with E-state index >= 15 is 0 Å². The van der Waals surface area contributed by atoms with E-state index in [1.807, 2.05) is 13.0 Å². The maximum Gasteiger partial charge on any atom is 0.267 e. The van der Waals surface area contributed by atoms with Gasteiger partial charge in [-0.3, -0.25) is 4.18 Å². The highest BCUT2D eigenvalue weighted by molar-refractivity contribution is 7.86. The fourth-order valence-electron chi connectivity index (χ4n) is 0.750. The summed E-state index contributed by atoms with van der Waals surface area (Å²) in [4.78, 5) is 0. The number of hydrogen-bond donors (Lipinski definition) is 0. The molecule has 4 heteroatoms. The van der Waals surface area contributed by atoms with Crippen molar-refractivity contribution in [3.8, 4) is 0 Å². The average Bonchev–Trinajstić information content (AvgIpc) is 1.94. The van der Waals surface area contributed by atoms with Crippen LogP contribution >= 0.6 is 0 Å². The van der Waals surface area contributed by atoms with Crippen LogP contribution in [0.1, 0.15) is 13.3 Å². The molecular formula is C6H10O3S. The third-order valence-electron chi connectivity index (χ3n) is 1.33. The van der Waals surface area contributed by atoms with Gasteiger partial charge in [0.1, 0.15) is 0 Å². The third kappa shape index (κ3) is 2.11. The van der Waals surface area contributed by atoms with E-state index < -0.39 is 10.1 Å². The van der Waals surface area contributed by atoms with Crippen molar-refractivity contribution in [2.75, 3.05) is 12.4 Å². The molecule has 10 heavy (non-hydrogen) atoms. The minimum Gasteiger partial charge on any atom is -0.266 e. The molecule has 1 aliphatic heterocycles. The van der Waals surface area contributed by atoms with Crippen LogP contribution in [0.5, 0.6) is 0 Å². The molecule has 0 N–H and O–H groups in total. The van der Waals surface area contributed by atoms with Gasteiger partial charge in [-0.2, -0.15) is 8.42 Å². The van der Waals surface area contributed by atoms with E-state index in [2.05, 4.69) is 4.18 Å². The zero-order chi connectivity index (χ0) is 7.61. The van der Waals surface area contributed by atoms with Crippen molar-refractivity contribution in [2.24, 2.45) is 0 Å². The molecule has 0 aliphatic carbocycles. The molecule has 0 aromatic heterocycles. The summed E-state index contributed by atoms with van der Waals surface area (Å²) >= 11 is 0. The quantitative estimate of drug-likeness (QED) is 0.388. The van der Waals surface area contributed by atoms with Gasteiger partial charge in [-0.15, -0.1) is 0 Å². The standard InChI is InChI=1S/C6H10O3S/c1-6-3-2-4-10(7,8)9-5-6/h3H,2,4-5H2,1H3. The summed E-state index contributed by atoms with van der Waals surface area (Å²) in [6.07, 6.45) is 2.47. The van der Waals surface area contributed by atoms with Gasteiger partial charge >= 0.3 is 0 Å². The fourth-order valence-corrected chi connectivity index (χ4v) is 1.64. The van der Waals surface area contributed by atoms with Crippen LogP contribution in [0, 0.1) is 0 Å². The Morgan fingerprint density at radius 3 is 3.00 bits per heavy atom. The lowest BCUT2D eigenvalue weighted by molar-refractivity contribution is 0.351. The number of allylic oxidation sites excluding steroid dienone is 1. The van der Waals surface area contributed by atoms with Gasteiger partial charge in [0.15, 0.2) is 0 Å². The van der Waals surface area contributed by atoms with Crippen LogP contribution < -0.4 is 0 Å². The highest BCUT2D eigenvalue weighted by atomic mass is 32.2. The summed E-state index contributed by atoms with van der Waals surface area (Å²) in [7, 11) is -3.20. The molecule has 1 rings (SSSR count). The lowest BCUT2D eigenvalue weighted by atomic mass is 10.3. The van der Waals surface area contributed by atoms with E-state index in [1.54, 1.807) is 0 Å². The smallest absolute Gasteiger partial charge is 0.266 e. The van der Waals surface area contributed by atoms with E-state index in [0.29, 0.717) is 6.42 Å². The van der Waals surface area contributed by atoms with E-state index in [0.717, 1.165) is 5.57 Å². The molecule has 0 aromatic rings. The summed E-state index contributed by atoms with van der Waals surface area (Å²) < 4.78 is 26.1. The highest BCUT2D eigenvalue weighted by Gasteiger charge is 2.12. The minimum atomic E-state index is -3.20. The highest BCUT2D eigenvalue weighted by Crippen LogP contribution is 2.07. The molecule has 3 nitrogen and oxygen atoms in total. The van der Waals surface area contributed by atoms with Crippen molar-refractivity contribution in [3.05, 3.63) is 11.6 Å². The Kier molecular flexibility index (Phi) is 2.11. The maximum atomic E-state index is 10.8. The molecule has 0 saturated carbocycles. The van der Waals surface area contributed by atoms with Crippen LogP contribution in [0.25, 0.3) is 0 Å². The van der Waals surface area contributed by atoms with Crippen LogP contribution in [0.4, 0.5) is 0 Å². The van der Waals surface area contributed by atoms with Crippen LogP contribution in [-0.4, -0.2) is 20.8 Å². The monoisotopic (exact) mass is 162 g/mol. The molecule has 0 aromatic carbocycles. The lowest BCUT2D eigenvalue weighted by Gasteiger charge is -1.98. The van der Waals surface area contributed by atoms with E-state index in [9.17, 15) is 8.42 Å². The summed E-state index contributed by atoms with van der Waals surface area (Å²) in [5, 5.41) is 0. The molecule has 0 radical (unpaired) electrons. The zero-order valence-corrected chi connectivity index (χ0v) is 6.65. The van der Waals surface area contributed by atoms with Gasteiger partial charge in [-0.25, -0.2) is 0 Å². The van der Waals surface area contributed by atoms with Crippen molar-refractivity contribution in [1.29, 1.82) is 0 Å². The Labute approximate surface area is 60.8 Å². The Bertz CT molecular complexity index is 238. The summed E-state index contributed by atoms with van der Waals surface area (Å²) in [5.41, 5.74) is 0.987. The Hall–Kier alpha value is -0.350. The van der Waals surface area contributed by atoms with E-state index in [1.165, 1.54) is 0 Å². The molecule has 0 saturated heterocycles. The molecule has 1 heterocycles. The van der Waals surface area contributed by atoms with Crippen molar-refractivity contribution < 1.29 is 12.6 Å². The Morgan fingerprint density at radius 2 is 2.30 bits per heavy atom. The first kappa shape index (κ1) is 7.75. The molecule has 0 unspecified atom stereocenters. The second kappa shape index (κ2) is 2.72. The van der Waals surface area contributed by atoms with Crippen LogP contribution in [0.3, 0.4) is 0 Å². The molecule has 0 amide bonds. The van der Waals surface area contributed by atoms with Crippen LogP contribution in [0.2, 0.25) is 0 Å². The maximum absolute atomic E-state index is 10.8. The van der Waals surface area contributed by atoms with Crippen LogP contribution in [-0.2, 0) is 14.3 Å². The first-order valence-corrected chi connectivity index (χ1v) is 4.71. The lowest BCUT2D eigenvalue weighted by Crippen LogP contribution is -2.08. The summed E-state index contributed by atoms with van der Waals surface area (Å²) in [6.45, 7) is 2.09. The normalized spacial score (nSPS) is 25.1. The van der Waals surface area contributed by atoms with Gasteiger partial charge in [0, 0.05) is 0 Å². The van der Waals surface area contributed by atoms with E-state index in [4.69, 9.17) is 0 Å². The van der Waals surface area contributed by atoms with Crippen molar-refractivity contribution >= 4 is 10.1 Å². The average molecular weight is 162 g/mol. The van der Waals surface area contributed by atoms with Crippen molar-refractivity contribution in [2.45, 2.75) is 13.3 Å². The predicted octanol–water partition coefficient (Wildman–Crippen LogP) is 0.683. The number of rotatable bonds is 0. The topological polar surface area (TPSA) is 43.4 Å². The van der Waals surface area contributed by atoms with Crippen LogP contribution in [0.15, 0.2) is 11.6 Å². The Balaban J connectivity index is 2.69. The third-order valence-corrected chi connectivity index (χ3v) is 2.54. The molecular weight excluding hydrogens is 152 g/mol. The van der Waals surface area contributed by atoms with Gasteiger partial charge in [-0.05, 0) is 13.3 Å². The molecule has 58 valence electrons. The Morgan fingerprint density at radius 1 is 1.60 bits per heavy atom. The predicted molar refractivity (Wildman–Crippen MR) is 38.1 cm³/mol. The molecule has 0 fully saturated rings. The van der Waals surface area contributed by atoms with E-state index in [-0.39, 0.29) is 12.4 Å². The van der Waals surface area contributed by atoms with Crippen molar-refractivity contribution in [1.82, 2.24) is 0 Å². The summed E-state index contributed by atoms with van der Waals surface area (Å²) in [5.74, 6) is 0.115.